The van der Waals surface area contributed by atoms with Crippen molar-refractivity contribution in [1.29, 1.82) is 0 Å². The van der Waals surface area contributed by atoms with E-state index in [0.29, 0.717) is 24.8 Å². The van der Waals surface area contributed by atoms with Crippen molar-refractivity contribution >= 4 is 5.78 Å². The van der Waals surface area contributed by atoms with Gasteiger partial charge in [0.05, 0.1) is 0 Å². The number of hydrogen-bond acceptors (Lipinski definition) is 3. The molecule has 0 heterocycles. The molecule has 0 atom stereocenters. The maximum Gasteiger partial charge on any atom is 0.132 e. The number of hydrogen-bond donors (Lipinski definition) is 2. The molecule has 1 aromatic carbocycles. The van der Waals surface area contributed by atoms with E-state index in [1.165, 1.54) is 12.1 Å². The third-order valence-corrected chi connectivity index (χ3v) is 1.96. The number of aromatic hydroxyl groups is 2. The van der Waals surface area contributed by atoms with Crippen molar-refractivity contribution in [2.75, 3.05) is 0 Å². The van der Waals surface area contributed by atoms with E-state index in [2.05, 4.69) is 6.07 Å². The van der Waals surface area contributed by atoms with E-state index < -0.39 is 0 Å². The van der Waals surface area contributed by atoms with Crippen molar-refractivity contribution in [3.05, 3.63) is 23.8 Å². The number of aryl methyl sites for hydroxylation is 1. The Morgan fingerprint density at radius 1 is 1.43 bits per heavy atom. The first-order chi connectivity index (χ1) is 6.61. The Bertz CT molecular complexity index is 311. The minimum Gasteiger partial charge on any atom is -0.508 e. The molecule has 1 aromatic rings. The van der Waals surface area contributed by atoms with Crippen molar-refractivity contribution in [3.63, 3.8) is 0 Å². The molecule has 3 heteroatoms. The molecule has 0 aliphatic rings. The van der Waals surface area contributed by atoms with Crippen LogP contribution in [-0.4, -0.2) is 16.0 Å². The lowest BCUT2D eigenvalue weighted by Crippen LogP contribution is -1.97. The predicted molar refractivity (Wildman–Crippen MR) is 52.2 cm³/mol. The molecular formula is C11H13O3. The summed E-state index contributed by atoms with van der Waals surface area (Å²) in [4.78, 5) is 11.0. The van der Waals surface area contributed by atoms with Crippen LogP contribution in [0.5, 0.6) is 11.5 Å². The highest BCUT2D eigenvalue weighted by molar-refractivity contribution is 5.78. The molecule has 0 fully saturated rings. The van der Waals surface area contributed by atoms with Crippen LogP contribution in [0, 0.1) is 6.07 Å². The second kappa shape index (κ2) is 4.65. The lowest BCUT2D eigenvalue weighted by Gasteiger charge is -2.01. The summed E-state index contributed by atoms with van der Waals surface area (Å²) in [5.41, 5.74) is 0.657. The molecule has 3 nitrogen and oxygen atoms in total. The Kier molecular flexibility index (Phi) is 3.51. The summed E-state index contributed by atoms with van der Waals surface area (Å²) in [6.45, 7) is 1.81. The van der Waals surface area contributed by atoms with Gasteiger partial charge in [0.25, 0.3) is 0 Å². The molecule has 75 valence electrons. The molecular weight excluding hydrogens is 180 g/mol. The molecule has 2 N–H and O–H groups in total. The summed E-state index contributed by atoms with van der Waals surface area (Å²) in [7, 11) is 0. The van der Waals surface area contributed by atoms with Crippen LogP contribution < -0.4 is 0 Å². The highest BCUT2D eigenvalue weighted by Crippen LogP contribution is 2.20. The molecule has 1 rings (SSSR count). The largest absolute Gasteiger partial charge is 0.508 e. The highest BCUT2D eigenvalue weighted by Gasteiger charge is 2.03. The maximum absolute atomic E-state index is 11.0. The maximum atomic E-state index is 11.0. The molecule has 1 radical (unpaired) electrons. The van der Waals surface area contributed by atoms with Crippen LogP contribution >= 0.6 is 0 Å². The Morgan fingerprint density at radius 3 is 2.71 bits per heavy atom. The number of carbonyl (C=O) groups is 1. The van der Waals surface area contributed by atoms with Crippen molar-refractivity contribution in [1.82, 2.24) is 0 Å². The van der Waals surface area contributed by atoms with Gasteiger partial charge in [0.1, 0.15) is 17.3 Å². The Labute approximate surface area is 83.0 Å². The number of phenolic OH excluding ortho intramolecular Hbond substituents is 2. The van der Waals surface area contributed by atoms with Crippen molar-refractivity contribution in [2.45, 2.75) is 26.2 Å². The molecule has 0 bridgehead atoms. The fourth-order valence-electron chi connectivity index (χ4n) is 1.18. The quantitative estimate of drug-likeness (QED) is 0.766. The molecule has 0 spiro atoms. The van der Waals surface area contributed by atoms with Crippen LogP contribution in [0.2, 0.25) is 0 Å². The van der Waals surface area contributed by atoms with Gasteiger partial charge in [-0.25, -0.2) is 0 Å². The summed E-state index contributed by atoms with van der Waals surface area (Å²) in [6.07, 6.45) is 1.45. The van der Waals surface area contributed by atoms with Gasteiger partial charge in [-0.05, 0) is 18.1 Å². The second-order valence-corrected chi connectivity index (χ2v) is 3.14. The zero-order valence-electron chi connectivity index (χ0n) is 8.08. The van der Waals surface area contributed by atoms with E-state index in [9.17, 15) is 4.79 Å². The van der Waals surface area contributed by atoms with E-state index in [-0.39, 0.29) is 17.3 Å². The third-order valence-electron chi connectivity index (χ3n) is 1.96. The van der Waals surface area contributed by atoms with E-state index in [4.69, 9.17) is 10.2 Å². The Hall–Kier alpha value is -1.51. The van der Waals surface area contributed by atoms with E-state index in [1.807, 2.05) is 6.92 Å². The number of benzene rings is 1. The SMILES string of the molecule is CCC(=O)CCc1[c]c(O)cc(O)c1. The molecule has 14 heavy (non-hydrogen) atoms. The van der Waals surface area contributed by atoms with Gasteiger partial charge in [0, 0.05) is 25.0 Å². The first kappa shape index (κ1) is 10.6. The van der Waals surface area contributed by atoms with Crippen LogP contribution in [0.4, 0.5) is 0 Å². The Morgan fingerprint density at radius 2 is 2.14 bits per heavy atom. The molecule has 0 saturated heterocycles. The van der Waals surface area contributed by atoms with Crippen LogP contribution in [0.3, 0.4) is 0 Å². The lowest BCUT2D eigenvalue weighted by molar-refractivity contribution is -0.118. The molecule has 0 aliphatic heterocycles. The standard InChI is InChI=1S/C11H13O3/c1-2-9(12)4-3-8-5-10(13)7-11(14)6-8/h5,7,13-14H,2-4H2,1H3. The average Bonchev–Trinajstić information content (AvgIpc) is 2.12. The number of ketones is 1. The van der Waals surface area contributed by atoms with Gasteiger partial charge in [-0.1, -0.05) is 6.92 Å². The lowest BCUT2D eigenvalue weighted by atomic mass is 10.1. The summed E-state index contributed by atoms with van der Waals surface area (Å²) in [6, 6.07) is 5.39. The van der Waals surface area contributed by atoms with Gasteiger partial charge >= 0.3 is 0 Å². The van der Waals surface area contributed by atoms with Gasteiger partial charge in [-0.2, -0.15) is 0 Å². The predicted octanol–water partition coefficient (Wildman–Crippen LogP) is 1.81. The average molecular weight is 193 g/mol. The van der Waals surface area contributed by atoms with Crippen molar-refractivity contribution in [3.8, 4) is 11.5 Å². The fraction of sp³-hybridized carbons (Fsp3) is 0.364. The van der Waals surface area contributed by atoms with Crippen molar-refractivity contribution in [2.24, 2.45) is 0 Å². The zero-order valence-corrected chi connectivity index (χ0v) is 8.08. The first-order valence-corrected chi connectivity index (χ1v) is 4.57. The normalized spacial score (nSPS) is 10.1. The molecule has 0 amide bonds. The van der Waals surface area contributed by atoms with Gasteiger partial charge in [0.2, 0.25) is 0 Å². The van der Waals surface area contributed by atoms with Crippen LogP contribution in [0.25, 0.3) is 0 Å². The van der Waals surface area contributed by atoms with E-state index in [0.717, 1.165) is 0 Å². The molecule has 0 aliphatic carbocycles. The van der Waals surface area contributed by atoms with Gasteiger partial charge in [-0.15, -0.1) is 0 Å². The number of Topliss-reactive ketones (excluding diaryl/α,β-unsaturated/α-hetero) is 1. The minimum atomic E-state index is -0.0936. The molecule has 0 aromatic heterocycles. The number of carbonyl (C=O) groups excluding carboxylic acids is 1. The summed E-state index contributed by atoms with van der Waals surface area (Å²) in [5.74, 6) is 0.0744. The van der Waals surface area contributed by atoms with Crippen LogP contribution in [0.1, 0.15) is 25.3 Å². The fourth-order valence-corrected chi connectivity index (χ4v) is 1.18. The zero-order chi connectivity index (χ0) is 10.6. The van der Waals surface area contributed by atoms with Gasteiger partial charge in [0.15, 0.2) is 0 Å². The first-order valence-electron chi connectivity index (χ1n) is 4.57. The van der Waals surface area contributed by atoms with Gasteiger partial charge < -0.3 is 10.2 Å². The number of phenols is 2. The summed E-state index contributed by atoms with van der Waals surface area (Å²) < 4.78 is 0. The monoisotopic (exact) mass is 193 g/mol. The van der Waals surface area contributed by atoms with E-state index >= 15 is 0 Å². The van der Waals surface area contributed by atoms with Crippen LogP contribution in [-0.2, 0) is 11.2 Å². The molecule has 0 unspecified atom stereocenters. The van der Waals surface area contributed by atoms with Crippen molar-refractivity contribution < 1.29 is 15.0 Å². The molecule has 0 saturated carbocycles. The Balaban J connectivity index is 2.63. The summed E-state index contributed by atoms with van der Waals surface area (Å²) >= 11 is 0. The highest BCUT2D eigenvalue weighted by atomic mass is 16.3. The third kappa shape index (κ3) is 3.09. The smallest absolute Gasteiger partial charge is 0.132 e. The second-order valence-electron chi connectivity index (χ2n) is 3.14. The summed E-state index contributed by atoms with van der Waals surface area (Å²) in [5, 5.41) is 18.3. The topological polar surface area (TPSA) is 57.5 Å². The van der Waals surface area contributed by atoms with E-state index in [1.54, 1.807) is 0 Å². The number of rotatable bonds is 4. The minimum absolute atomic E-state index is 0.000183. The van der Waals surface area contributed by atoms with Crippen LogP contribution in [0.15, 0.2) is 12.1 Å². The van der Waals surface area contributed by atoms with Gasteiger partial charge in [-0.3, -0.25) is 4.79 Å².